The van der Waals surface area contributed by atoms with E-state index >= 15 is 0 Å². The highest BCUT2D eigenvalue weighted by molar-refractivity contribution is 5.89. The summed E-state index contributed by atoms with van der Waals surface area (Å²) < 4.78 is 11.0. The number of nitrogens with zero attached hydrogens (tertiary/aromatic N) is 2. The first-order valence-electron chi connectivity index (χ1n) is 7.19. The van der Waals surface area contributed by atoms with E-state index in [1.165, 1.54) is 6.33 Å². The predicted octanol–water partition coefficient (Wildman–Crippen LogP) is 2.29. The molecule has 21 heavy (non-hydrogen) atoms. The van der Waals surface area contributed by atoms with Gasteiger partial charge in [-0.15, -0.1) is 0 Å². The van der Waals surface area contributed by atoms with Crippen molar-refractivity contribution in [2.45, 2.75) is 33.8 Å². The Hall–Kier alpha value is -1.66. The molecule has 6 nitrogen and oxygen atoms in total. The molecule has 0 radical (unpaired) electrons. The molecule has 2 aromatic heterocycles. The average Bonchev–Trinajstić information content (AvgIpc) is 2.72. The first-order valence-corrected chi connectivity index (χ1v) is 7.19. The average molecular weight is 293 g/mol. The van der Waals surface area contributed by atoms with Gasteiger partial charge in [-0.3, -0.25) is 0 Å². The Morgan fingerprint density at radius 3 is 2.76 bits per heavy atom. The maximum Gasteiger partial charge on any atom is 0.231 e. The predicted molar refractivity (Wildman–Crippen MR) is 81.4 cm³/mol. The summed E-state index contributed by atoms with van der Waals surface area (Å²) in [7, 11) is 0. The van der Waals surface area contributed by atoms with Crippen molar-refractivity contribution in [1.82, 2.24) is 9.97 Å². The van der Waals surface area contributed by atoms with Crippen molar-refractivity contribution in [3.8, 4) is 0 Å². The van der Waals surface area contributed by atoms with Crippen LogP contribution in [-0.2, 0) is 4.74 Å². The summed E-state index contributed by atoms with van der Waals surface area (Å²) in [6.45, 7) is 9.34. The molecular formula is C15H23N3O3. The molecule has 0 amide bonds. The highest BCUT2D eigenvalue weighted by atomic mass is 16.5. The number of hydrogen-bond acceptors (Lipinski definition) is 6. The van der Waals surface area contributed by atoms with Crippen molar-refractivity contribution >= 4 is 16.9 Å². The van der Waals surface area contributed by atoms with E-state index < -0.39 is 6.10 Å². The normalized spacial score (nSPS) is 13.0. The molecule has 2 heterocycles. The molecule has 0 aliphatic carbocycles. The SMILES string of the molecule is Cc1oc2ncnc(NCC(O)COCC(C)C)c2c1C. The van der Waals surface area contributed by atoms with Crippen LogP contribution in [0.25, 0.3) is 11.1 Å². The van der Waals surface area contributed by atoms with Crippen LogP contribution >= 0.6 is 0 Å². The Balaban J connectivity index is 1.97. The fourth-order valence-electron chi connectivity index (χ4n) is 2.03. The zero-order valence-corrected chi connectivity index (χ0v) is 13.0. The largest absolute Gasteiger partial charge is 0.443 e. The molecule has 0 aliphatic rings. The van der Waals surface area contributed by atoms with Crippen LogP contribution in [0.2, 0.25) is 0 Å². The third-order valence-corrected chi connectivity index (χ3v) is 3.23. The van der Waals surface area contributed by atoms with E-state index in [1.807, 2.05) is 13.8 Å². The molecular weight excluding hydrogens is 270 g/mol. The molecule has 0 bridgehead atoms. The standard InChI is InChI=1S/C15H23N3O3/c1-9(2)6-20-7-12(19)5-16-14-13-10(3)11(4)21-15(13)18-8-17-14/h8-9,12,19H,5-7H2,1-4H3,(H,16,17,18). The Morgan fingerprint density at radius 1 is 1.29 bits per heavy atom. The number of nitrogens with one attached hydrogen (secondary N) is 1. The van der Waals surface area contributed by atoms with Crippen LogP contribution in [0.15, 0.2) is 10.7 Å². The van der Waals surface area contributed by atoms with E-state index in [2.05, 4.69) is 29.1 Å². The fourth-order valence-corrected chi connectivity index (χ4v) is 2.03. The Bertz CT molecular complexity index is 595. The van der Waals surface area contributed by atoms with Crippen molar-refractivity contribution < 1.29 is 14.3 Å². The van der Waals surface area contributed by atoms with Gasteiger partial charge in [-0.2, -0.15) is 0 Å². The van der Waals surface area contributed by atoms with Gasteiger partial charge in [0.05, 0.1) is 18.1 Å². The van der Waals surface area contributed by atoms with Crippen LogP contribution in [0.5, 0.6) is 0 Å². The molecule has 1 atom stereocenters. The number of furan rings is 1. The summed E-state index contributed by atoms with van der Waals surface area (Å²) in [5, 5.41) is 13.9. The van der Waals surface area contributed by atoms with Crippen LogP contribution in [0, 0.1) is 19.8 Å². The second kappa shape index (κ2) is 6.87. The van der Waals surface area contributed by atoms with Gasteiger partial charge in [0.15, 0.2) is 0 Å². The zero-order valence-electron chi connectivity index (χ0n) is 13.0. The summed E-state index contributed by atoms with van der Waals surface area (Å²) in [4.78, 5) is 8.34. The first kappa shape index (κ1) is 15.7. The van der Waals surface area contributed by atoms with Gasteiger partial charge in [0.2, 0.25) is 5.71 Å². The van der Waals surface area contributed by atoms with Crippen LogP contribution in [-0.4, -0.2) is 40.9 Å². The second-order valence-electron chi connectivity index (χ2n) is 5.65. The lowest BCUT2D eigenvalue weighted by atomic mass is 10.2. The topological polar surface area (TPSA) is 80.4 Å². The third kappa shape index (κ3) is 3.92. The van der Waals surface area contributed by atoms with Gasteiger partial charge >= 0.3 is 0 Å². The number of aliphatic hydroxyl groups excluding tert-OH is 1. The first-order chi connectivity index (χ1) is 9.99. The lowest BCUT2D eigenvalue weighted by Crippen LogP contribution is -2.26. The van der Waals surface area contributed by atoms with Gasteiger partial charge in [-0.1, -0.05) is 13.8 Å². The van der Waals surface area contributed by atoms with E-state index in [0.29, 0.717) is 37.2 Å². The Morgan fingerprint density at radius 2 is 2.05 bits per heavy atom. The molecule has 2 aromatic rings. The lowest BCUT2D eigenvalue weighted by molar-refractivity contribution is 0.0317. The van der Waals surface area contributed by atoms with Gasteiger partial charge in [-0.05, 0) is 19.8 Å². The molecule has 0 spiro atoms. The molecule has 1 unspecified atom stereocenters. The Labute approximate surface area is 124 Å². The van der Waals surface area contributed by atoms with E-state index in [0.717, 1.165) is 16.7 Å². The number of hydrogen-bond donors (Lipinski definition) is 2. The molecule has 2 N–H and O–H groups in total. The van der Waals surface area contributed by atoms with Crippen molar-refractivity contribution in [2.75, 3.05) is 25.1 Å². The fraction of sp³-hybridized carbons (Fsp3) is 0.600. The summed E-state index contributed by atoms with van der Waals surface area (Å²) in [6.07, 6.45) is 0.872. The number of aryl methyl sites for hydroxylation is 2. The van der Waals surface area contributed by atoms with Crippen LogP contribution in [0.1, 0.15) is 25.2 Å². The van der Waals surface area contributed by atoms with E-state index in [4.69, 9.17) is 9.15 Å². The van der Waals surface area contributed by atoms with E-state index in [9.17, 15) is 5.11 Å². The lowest BCUT2D eigenvalue weighted by Gasteiger charge is -2.14. The van der Waals surface area contributed by atoms with Gasteiger partial charge in [0, 0.05) is 18.7 Å². The number of rotatable bonds is 7. The van der Waals surface area contributed by atoms with E-state index in [1.54, 1.807) is 0 Å². The summed E-state index contributed by atoms with van der Waals surface area (Å²) in [6, 6.07) is 0. The minimum absolute atomic E-state index is 0.308. The summed E-state index contributed by atoms with van der Waals surface area (Å²) in [5.74, 6) is 1.97. The van der Waals surface area contributed by atoms with Crippen molar-refractivity contribution in [3.05, 3.63) is 17.7 Å². The van der Waals surface area contributed by atoms with Gasteiger partial charge in [-0.25, -0.2) is 9.97 Å². The molecule has 0 aliphatic heterocycles. The number of fused-ring (bicyclic) bond motifs is 1. The van der Waals surface area contributed by atoms with Gasteiger partial charge < -0.3 is 19.6 Å². The smallest absolute Gasteiger partial charge is 0.231 e. The second-order valence-corrected chi connectivity index (χ2v) is 5.65. The summed E-state index contributed by atoms with van der Waals surface area (Å²) >= 11 is 0. The minimum Gasteiger partial charge on any atom is -0.443 e. The van der Waals surface area contributed by atoms with Gasteiger partial charge in [0.1, 0.15) is 17.9 Å². The highest BCUT2D eigenvalue weighted by Crippen LogP contribution is 2.27. The number of anilines is 1. The molecule has 2 rings (SSSR count). The molecule has 116 valence electrons. The quantitative estimate of drug-likeness (QED) is 0.815. The van der Waals surface area contributed by atoms with Crippen molar-refractivity contribution in [1.29, 1.82) is 0 Å². The van der Waals surface area contributed by atoms with Crippen molar-refractivity contribution in [2.24, 2.45) is 5.92 Å². The monoisotopic (exact) mass is 293 g/mol. The molecule has 6 heteroatoms. The van der Waals surface area contributed by atoms with Gasteiger partial charge in [0.25, 0.3) is 0 Å². The maximum atomic E-state index is 9.92. The number of ether oxygens (including phenoxy) is 1. The number of aliphatic hydroxyl groups is 1. The number of aromatic nitrogens is 2. The molecule has 0 aromatic carbocycles. The van der Waals surface area contributed by atoms with Crippen molar-refractivity contribution in [3.63, 3.8) is 0 Å². The van der Waals surface area contributed by atoms with Crippen LogP contribution in [0.3, 0.4) is 0 Å². The summed E-state index contributed by atoms with van der Waals surface area (Å²) in [5.41, 5.74) is 1.58. The maximum absolute atomic E-state index is 9.92. The Kier molecular flexibility index (Phi) is 5.14. The molecule has 0 saturated heterocycles. The zero-order chi connectivity index (χ0) is 15.4. The van der Waals surface area contributed by atoms with Crippen LogP contribution < -0.4 is 5.32 Å². The van der Waals surface area contributed by atoms with Crippen LogP contribution in [0.4, 0.5) is 5.82 Å². The molecule has 0 saturated carbocycles. The molecule has 0 fully saturated rings. The van der Waals surface area contributed by atoms with E-state index in [-0.39, 0.29) is 0 Å². The third-order valence-electron chi connectivity index (χ3n) is 3.23. The minimum atomic E-state index is -0.581. The highest BCUT2D eigenvalue weighted by Gasteiger charge is 2.14.